The van der Waals surface area contributed by atoms with E-state index in [0.29, 0.717) is 48.4 Å². The highest BCUT2D eigenvalue weighted by molar-refractivity contribution is 7.90. The summed E-state index contributed by atoms with van der Waals surface area (Å²) in [5.74, 6) is 0.227. The number of benzene rings is 2. The van der Waals surface area contributed by atoms with E-state index in [1.807, 2.05) is 24.3 Å². The van der Waals surface area contributed by atoms with E-state index in [1.54, 1.807) is 39.8 Å². The molecule has 0 radical (unpaired) electrons. The molecule has 0 bridgehead atoms. The van der Waals surface area contributed by atoms with Gasteiger partial charge < -0.3 is 0 Å². The molecular formula is C38H44F6N6O4S2. The van der Waals surface area contributed by atoms with E-state index in [9.17, 15) is 43.2 Å². The Balaban J connectivity index is 0.000000172. The third kappa shape index (κ3) is 8.72. The van der Waals surface area contributed by atoms with E-state index in [4.69, 9.17) is 0 Å². The lowest BCUT2D eigenvalue weighted by Gasteiger charge is -2.14. The van der Waals surface area contributed by atoms with Crippen LogP contribution in [0.5, 0.6) is 0 Å². The van der Waals surface area contributed by atoms with Crippen LogP contribution in [-0.2, 0) is 58.1 Å². The van der Waals surface area contributed by atoms with Crippen LogP contribution in [0.25, 0.3) is 11.4 Å². The van der Waals surface area contributed by atoms with Crippen LogP contribution < -0.4 is 9.44 Å². The van der Waals surface area contributed by atoms with Crippen molar-refractivity contribution in [3.05, 3.63) is 93.6 Å². The maximum atomic E-state index is 13.1. The number of aromatic nitrogens is 4. The zero-order chi connectivity index (χ0) is 40.5. The number of hydrogen-bond acceptors (Lipinski definition) is 6. The second kappa shape index (κ2) is 14.6. The SMILES string of the molecule is CC(C)S(=O)(=O)N[C@@H]1Cc2ccc(-n3nc(C(F)(F)F)cc3C3CC3)cc2C1.CC(C)S(=O)(=O)N[C@H]1Cc2ccc(-n3nc(C(F)(F)F)cc3C3CC3)cc2C1. The van der Waals surface area contributed by atoms with Crippen LogP contribution in [0.1, 0.15) is 110 Å². The van der Waals surface area contributed by atoms with Crippen LogP contribution in [0.3, 0.4) is 0 Å². The van der Waals surface area contributed by atoms with Crippen molar-refractivity contribution in [1.29, 1.82) is 0 Å². The Morgan fingerprint density at radius 2 is 0.911 bits per heavy atom. The van der Waals surface area contributed by atoms with Gasteiger partial charge in [0.2, 0.25) is 20.0 Å². The standard InChI is InChI=1S/2C19H22F3N3O2S/c2*1-11(2)28(26,27)24-15-7-13-5-6-16(9-14(13)8-15)25-17(12-3-4-12)10-18(23-25)19(20,21)22/h2*5-6,9-12,15,24H,3-4,7-8H2,1-2H3/t2*15-/m10/s1. The van der Waals surface area contributed by atoms with E-state index in [2.05, 4.69) is 19.6 Å². The van der Waals surface area contributed by atoms with Crippen LogP contribution in [-0.4, -0.2) is 59.0 Å². The van der Waals surface area contributed by atoms with Gasteiger partial charge in [0.1, 0.15) is 0 Å². The molecule has 8 rings (SSSR count). The van der Waals surface area contributed by atoms with Gasteiger partial charge in [-0.25, -0.2) is 35.6 Å². The highest BCUT2D eigenvalue weighted by Crippen LogP contribution is 2.44. The van der Waals surface area contributed by atoms with Gasteiger partial charge in [-0.1, -0.05) is 12.1 Å². The van der Waals surface area contributed by atoms with Crippen LogP contribution in [0.4, 0.5) is 26.3 Å². The van der Waals surface area contributed by atoms with Crippen LogP contribution in [0.15, 0.2) is 48.5 Å². The Morgan fingerprint density at radius 3 is 1.21 bits per heavy atom. The van der Waals surface area contributed by atoms with Crippen LogP contribution in [0.2, 0.25) is 0 Å². The van der Waals surface area contributed by atoms with Gasteiger partial charge in [0.05, 0.1) is 21.9 Å². The first-order chi connectivity index (χ1) is 26.1. The van der Waals surface area contributed by atoms with Crippen molar-refractivity contribution in [2.24, 2.45) is 0 Å². The van der Waals surface area contributed by atoms with Crippen molar-refractivity contribution in [3.63, 3.8) is 0 Å². The first-order valence-corrected chi connectivity index (χ1v) is 21.8. The topological polar surface area (TPSA) is 128 Å². The molecule has 4 aliphatic carbocycles. The average molecular weight is 827 g/mol. The highest BCUT2D eigenvalue weighted by atomic mass is 32.2. The van der Waals surface area contributed by atoms with Gasteiger partial charge in [-0.3, -0.25) is 0 Å². The molecule has 2 saturated carbocycles. The average Bonchev–Trinajstić information content (AvgIpc) is 3.92. The largest absolute Gasteiger partial charge is 0.435 e. The minimum absolute atomic E-state index is 0.113. The summed E-state index contributed by atoms with van der Waals surface area (Å²) in [6, 6.07) is 12.7. The molecule has 2 atom stereocenters. The molecule has 0 amide bonds. The Morgan fingerprint density at radius 1 is 0.571 bits per heavy atom. The second-order valence-corrected chi connectivity index (χ2v) is 20.4. The van der Waals surface area contributed by atoms with Gasteiger partial charge in [0.15, 0.2) is 11.4 Å². The van der Waals surface area contributed by atoms with Gasteiger partial charge in [-0.15, -0.1) is 0 Å². The van der Waals surface area contributed by atoms with Crippen molar-refractivity contribution in [1.82, 2.24) is 29.0 Å². The number of halogens is 6. The molecule has 4 aromatic rings. The van der Waals surface area contributed by atoms with Crippen LogP contribution >= 0.6 is 0 Å². The number of fused-ring (bicyclic) bond motifs is 2. The molecule has 0 unspecified atom stereocenters. The minimum Gasteiger partial charge on any atom is -0.237 e. The van der Waals surface area contributed by atoms with Crippen molar-refractivity contribution in [2.75, 3.05) is 0 Å². The lowest BCUT2D eigenvalue weighted by Crippen LogP contribution is -2.39. The fourth-order valence-corrected chi connectivity index (χ4v) is 9.00. The van der Waals surface area contributed by atoms with E-state index >= 15 is 0 Å². The number of rotatable bonds is 10. The number of sulfonamides is 2. The first kappa shape index (κ1) is 40.5. The maximum Gasteiger partial charge on any atom is 0.435 e. The molecule has 2 aromatic heterocycles. The Kier molecular flexibility index (Phi) is 10.5. The lowest BCUT2D eigenvalue weighted by atomic mass is 10.1. The number of nitrogens with zero attached hydrogens (tertiary/aromatic N) is 4. The molecule has 2 heterocycles. The smallest absolute Gasteiger partial charge is 0.237 e. The molecule has 4 aliphatic rings. The van der Waals surface area contributed by atoms with Crippen molar-refractivity contribution < 1.29 is 43.2 Å². The Labute approximate surface area is 322 Å². The summed E-state index contributed by atoms with van der Waals surface area (Å²) in [5.41, 5.74) is 4.50. The monoisotopic (exact) mass is 826 g/mol. The molecule has 2 fully saturated rings. The number of nitrogens with one attached hydrogen (secondary N) is 2. The van der Waals surface area contributed by atoms with Gasteiger partial charge in [-0.2, -0.15) is 36.5 Å². The zero-order valence-corrected chi connectivity index (χ0v) is 32.9. The summed E-state index contributed by atoms with van der Waals surface area (Å²) in [6.45, 7) is 6.49. The lowest BCUT2D eigenvalue weighted by molar-refractivity contribution is -0.142. The predicted octanol–water partition coefficient (Wildman–Crippen LogP) is 7.13. The molecule has 2 N–H and O–H groups in total. The van der Waals surface area contributed by atoms with Gasteiger partial charge in [-0.05, 0) is 138 Å². The molecule has 0 aliphatic heterocycles. The van der Waals surface area contributed by atoms with Gasteiger partial charge >= 0.3 is 12.4 Å². The first-order valence-electron chi connectivity index (χ1n) is 18.7. The summed E-state index contributed by atoms with van der Waals surface area (Å²) in [7, 11) is -6.75. The van der Waals surface area contributed by atoms with E-state index in [0.717, 1.165) is 60.1 Å². The molecule has 18 heteroatoms. The molecule has 2 aromatic carbocycles. The third-order valence-electron chi connectivity index (χ3n) is 10.7. The molecule has 0 saturated heterocycles. The zero-order valence-electron chi connectivity index (χ0n) is 31.2. The molecule has 0 spiro atoms. The highest BCUT2D eigenvalue weighted by Gasteiger charge is 2.40. The van der Waals surface area contributed by atoms with E-state index in [-0.39, 0.29) is 23.9 Å². The Hall–Kier alpha value is -3.74. The van der Waals surface area contributed by atoms with Crippen molar-refractivity contribution in [3.8, 4) is 11.4 Å². The summed E-state index contributed by atoms with van der Waals surface area (Å²) in [6.07, 6.45) is -3.31. The molecule has 10 nitrogen and oxygen atoms in total. The quantitative estimate of drug-likeness (QED) is 0.164. The van der Waals surface area contributed by atoms with E-state index < -0.39 is 54.3 Å². The number of hydrogen-bond donors (Lipinski definition) is 2. The Bertz CT molecular complexity index is 2180. The van der Waals surface area contributed by atoms with Crippen molar-refractivity contribution >= 4 is 20.0 Å². The van der Waals surface area contributed by atoms with Crippen LogP contribution in [0, 0.1) is 0 Å². The molecular weight excluding hydrogens is 783 g/mol. The summed E-state index contributed by atoms with van der Waals surface area (Å²) >= 11 is 0. The molecule has 304 valence electrons. The van der Waals surface area contributed by atoms with E-state index in [1.165, 1.54) is 9.36 Å². The predicted molar refractivity (Wildman–Crippen MR) is 198 cm³/mol. The van der Waals surface area contributed by atoms with Gasteiger partial charge in [0.25, 0.3) is 0 Å². The number of alkyl halides is 6. The summed E-state index contributed by atoms with van der Waals surface area (Å²) in [4.78, 5) is 0. The van der Waals surface area contributed by atoms with Crippen molar-refractivity contribution in [2.45, 2.75) is 126 Å². The minimum atomic E-state index is -4.48. The second-order valence-electron chi connectivity index (χ2n) is 15.8. The normalized spacial score (nSPS) is 20.0. The van der Waals surface area contributed by atoms with Gasteiger partial charge in [0, 0.05) is 35.3 Å². The summed E-state index contributed by atoms with van der Waals surface area (Å²) < 4.78 is 136. The fraction of sp³-hybridized carbons (Fsp3) is 0.526. The molecule has 56 heavy (non-hydrogen) atoms. The fourth-order valence-electron chi connectivity index (χ4n) is 7.20. The third-order valence-corrected chi connectivity index (χ3v) is 14.5. The maximum absolute atomic E-state index is 13.1. The summed E-state index contributed by atoms with van der Waals surface area (Å²) in [5, 5.41) is 6.61.